The fourth-order valence-electron chi connectivity index (χ4n) is 1.21. The van der Waals surface area contributed by atoms with Crippen LogP contribution < -0.4 is 20.5 Å². The Balaban J connectivity index is 2.20. The lowest BCUT2D eigenvalue weighted by Gasteiger charge is -2.06. The second-order valence-electron chi connectivity index (χ2n) is 3.27. The van der Waals surface area contributed by atoms with Crippen molar-refractivity contribution in [2.24, 2.45) is 0 Å². The average molecular weight is 265 g/mol. The Bertz CT molecular complexity index is 575. The maximum Gasteiger partial charge on any atom is 0.295 e. The summed E-state index contributed by atoms with van der Waals surface area (Å²) in [7, 11) is 2.87. The maximum atomic E-state index is 11.8. The van der Waals surface area contributed by atoms with E-state index in [-0.39, 0.29) is 29.5 Å². The smallest absolute Gasteiger partial charge is 0.295 e. The highest BCUT2D eigenvalue weighted by Crippen LogP contribution is 2.17. The Morgan fingerprint density at radius 2 is 1.89 bits per heavy atom. The summed E-state index contributed by atoms with van der Waals surface area (Å²) in [6.45, 7) is 0. The monoisotopic (exact) mass is 265 g/mol. The number of amides is 1. The van der Waals surface area contributed by atoms with Gasteiger partial charge in [0, 0.05) is 0 Å². The van der Waals surface area contributed by atoms with Crippen molar-refractivity contribution in [2.45, 2.75) is 0 Å². The molecule has 4 N–H and O–H groups in total. The van der Waals surface area contributed by atoms with E-state index in [9.17, 15) is 4.79 Å². The van der Waals surface area contributed by atoms with Crippen molar-refractivity contribution in [1.29, 1.82) is 0 Å². The minimum atomic E-state index is -0.584. The molecule has 0 aromatic carbocycles. The van der Waals surface area contributed by atoms with Gasteiger partial charge < -0.3 is 15.2 Å². The maximum absolute atomic E-state index is 11.8. The molecule has 2 rings (SSSR count). The van der Waals surface area contributed by atoms with Crippen LogP contribution in [0.2, 0.25) is 0 Å². The lowest BCUT2D eigenvalue weighted by Crippen LogP contribution is -2.16. The Labute approximate surface area is 107 Å². The van der Waals surface area contributed by atoms with Crippen molar-refractivity contribution in [2.75, 3.05) is 25.3 Å². The molecule has 10 heteroatoms. The topological polar surface area (TPSA) is 141 Å². The zero-order valence-corrected chi connectivity index (χ0v) is 10.2. The highest BCUT2D eigenvalue weighted by Gasteiger charge is 2.14. The molecule has 0 aliphatic heterocycles. The molecular weight excluding hydrogens is 254 g/mol. The highest BCUT2D eigenvalue weighted by molar-refractivity contribution is 6.00. The van der Waals surface area contributed by atoms with Gasteiger partial charge in [-0.1, -0.05) is 0 Å². The molecule has 1 amide bonds. The van der Waals surface area contributed by atoms with E-state index in [1.165, 1.54) is 20.3 Å². The Morgan fingerprint density at radius 1 is 1.26 bits per heavy atom. The number of nitrogens with one attached hydrogen (secondary N) is 2. The van der Waals surface area contributed by atoms with E-state index in [0.29, 0.717) is 0 Å². The van der Waals surface area contributed by atoms with Crippen molar-refractivity contribution in [3.63, 3.8) is 0 Å². The molecule has 2 aromatic rings. The molecule has 0 radical (unpaired) electrons. The number of H-pyrrole nitrogens is 1. The van der Waals surface area contributed by atoms with Gasteiger partial charge in [0.05, 0.1) is 20.3 Å². The average Bonchev–Trinajstić information content (AvgIpc) is 2.85. The molecule has 0 spiro atoms. The van der Waals surface area contributed by atoms with Gasteiger partial charge in [-0.15, -0.1) is 5.10 Å². The van der Waals surface area contributed by atoms with Gasteiger partial charge in [-0.3, -0.25) is 15.2 Å². The SMILES string of the molecule is COc1cc(OC)nc(NC(=O)c2nc(N)n[nH]2)n1. The normalized spacial score (nSPS) is 10.0. The molecule has 100 valence electrons. The number of carbonyl (C=O) groups is 1. The summed E-state index contributed by atoms with van der Waals surface area (Å²) in [6, 6.07) is 1.47. The number of methoxy groups -OCH3 is 2. The molecule has 0 aliphatic carbocycles. The summed E-state index contributed by atoms with van der Waals surface area (Å²) in [5, 5.41) is 8.31. The quantitative estimate of drug-likeness (QED) is 0.668. The van der Waals surface area contributed by atoms with Crippen LogP contribution in [0.4, 0.5) is 11.9 Å². The van der Waals surface area contributed by atoms with Crippen LogP contribution in [-0.4, -0.2) is 45.3 Å². The second-order valence-corrected chi connectivity index (χ2v) is 3.27. The van der Waals surface area contributed by atoms with E-state index >= 15 is 0 Å². The summed E-state index contributed by atoms with van der Waals surface area (Å²) in [5.74, 6) is -0.161. The highest BCUT2D eigenvalue weighted by atomic mass is 16.5. The predicted octanol–water partition coefficient (Wildman–Crippen LogP) is -0.554. The van der Waals surface area contributed by atoms with Gasteiger partial charge in [-0.2, -0.15) is 15.0 Å². The molecule has 0 saturated carbocycles. The number of nitrogens with two attached hydrogens (primary N) is 1. The van der Waals surface area contributed by atoms with Crippen LogP contribution in [0, 0.1) is 0 Å². The number of ether oxygens (including phenoxy) is 2. The Hall–Kier alpha value is -2.91. The molecule has 19 heavy (non-hydrogen) atoms. The zero-order valence-electron chi connectivity index (χ0n) is 10.2. The fourth-order valence-corrected chi connectivity index (χ4v) is 1.21. The first-order valence-electron chi connectivity index (χ1n) is 5.08. The number of nitrogens with zero attached hydrogens (tertiary/aromatic N) is 4. The van der Waals surface area contributed by atoms with Gasteiger partial charge in [0.1, 0.15) is 0 Å². The minimum Gasteiger partial charge on any atom is -0.481 e. The van der Waals surface area contributed by atoms with Crippen LogP contribution in [0.3, 0.4) is 0 Å². The Morgan fingerprint density at radius 3 is 2.37 bits per heavy atom. The molecule has 0 saturated heterocycles. The van der Waals surface area contributed by atoms with Crippen LogP contribution in [0.25, 0.3) is 0 Å². The number of anilines is 2. The summed E-state index contributed by atoms with van der Waals surface area (Å²) >= 11 is 0. The number of rotatable bonds is 4. The fraction of sp³-hybridized carbons (Fsp3) is 0.222. The van der Waals surface area contributed by atoms with Gasteiger partial charge in [-0.05, 0) is 0 Å². The number of aromatic amines is 1. The van der Waals surface area contributed by atoms with Gasteiger partial charge in [0.2, 0.25) is 29.5 Å². The zero-order chi connectivity index (χ0) is 13.8. The van der Waals surface area contributed by atoms with Crippen LogP contribution in [0.1, 0.15) is 10.6 Å². The van der Waals surface area contributed by atoms with E-state index in [2.05, 4.69) is 30.5 Å². The molecule has 0 bridgehead atoms. The number of aromatic nitrogens is 5. The Kier molecular flexibility index (Phi) is 3.41. The lowest BCUT2D eigenvalue weighted by molar-refractivity contribution is 0.101. The number of carbonyl (C=O) groups excluding carboxylic acids is 1. The van der Waals surface area contributed by atoms with E-state index in [4.69, 9.17) is 15.2 Å². The van der Waals surface area contributed by atoms with Gasteiger partial charge >= 0.3 is 0 Å². The number of nitrogen functional groups attached to an aromatic ring is 1. The third-order valence-corrected chi connectivity index (χ3v) is 2.04. The predicted molar refractivity (Wildman–Crippen MR) is 63.9 cm³/mol. The first-order chi connectivity index (χ1) is 9.12. The third kappa shape index (κ3) is 2.86. The third-order valence-electron chi connectivity index (χ3n) is 2.04. The molecular formula is C9H11N7O3. The molecule has 10 nitrogen and oxygen atoms in total. The van der Waals surface area contributed by atoms with E-state index in [1.54, 1.807) is 0 Å². The first-order valence-corrected chi connectivity index (χ1v) is 5.08. The van der Waals surface area contributed by atoms with E-state index in [0.717, 1.165) is 0 Å². The number of hydrogen-bond acceptors (Lipinski definition) is 8. The molecule has 0 fully saturated rings. The number of hydrogen-bond donors (Lipinski definition) is 3. The molecule has 2 heterocycles. The van der Waals surface area contributed by atoms with Crippen molar-refractivity contribution < 1.29 is 14.3 Å². The van der Waals surface area contributed by atoms with E-state index < -0.39 is 5.91 Å². The summed E-state index contributed by atoms with van der Waals surface area (Å²) in [5.41, 5.74) is 5.30. The molecule has 2 aromatic heterocycles. The lowest BCUT2D eigenvalue weighted by atomic mass is 10.5. The minimum absolute atomic E-state index is 0.0103. The van der Waals surface area contributed by atoms with Crippen molar-refractivity contribution in [3.8, 4) is 11.8 Å². The summed E-state index contributed by atoms with van der Waals surface area (Å²) in [4.78, 5) is 23.3. The van der Waals surface area contributed by atoms with Crippen LogP contribution in [-0.2, 0) is 0 Å². The molecule has 0 atom stereocenters. The standard InChI is InChI=1S/C9H11N7O3/c1-18-4-3-5(19-2)12-9(11-4)14-7(17)6-13-8(10)16-15-6/h3H,1-2H3,(H3,10,13,15,16)(H,11,12,14,17). The molecule has 0 unspecified atom stereocenters. The summed E-state index contributed by atoms with van der Waals surface area (Å²) in [6.07, 6.45) is 0. The van der Waals surface area contributed by atoms with Crippen molar-refractivity contribution in [1.82, 2.24) is 25.1 Å². The van der Waals surface area contributed by atoms with Crippen LogP contribution in [0.15, 0.2) is 6.07 Å². The van der Waals surface area contributed by atoms with Crippen molar-refractivity contribution in [3.05, 3.63) is 11.9 Å². The van der Waals surface area contributed by atoms with Gasteiger partial charge in [-0.25, -0.2) is 0 Å². The second kappa shape index (κ2) is 5.16. The van der Waals surface area contributed by atoms with Crippen LogP contribution >= 0.6 is 0 Å². The first kappa shape index (κ1) is 12.5. The van der Waals surface area contributed by atoms with Gasteiger partial charge in [0.15, 0.2) is 0 Å². The largest absolute Gasteiger partial charge is 0.481 e. The molecule has 0 aliphatic rings. The van der Waals surface area contributed by atoms with E-state index in [1.807, 2.05) is 0 Å². The van der Waals surface area contributed by atoms with Crippen LogP contribution in [0.5, 0.6) is 11.8 Å². The van der Waals surface area contributed by atoms with Gasteiger partial charge in [0.25, 0.3) is 5.91 Å². The summed E-state index contributed by atoms with van der Waals surface area (Å²) < 4.78 is 9.90. The van der Waals surface area contributed by atoms with Crippen molar-refractivity contribution >= 4 is 17.8 Å².